The summed E-state index contributed by atoms with van der Waals surface area (Å²) in [7, 11) is 1.87. The standard InChI is InChI=1S/C13H17N3O2/c1-15-8-9-2-3-11-10(6-9)7-13(18)16(11)12(17)4-5-14/h2-3,6,15H,4-5,7-8,14H2,1H3. The van der Waals surface area contributed by atoms with E-state index in [9.17, 15) is 9.59 Å². The largest absolute Gasteiger partial charge is 0.330 e. The molecule has 96 valence electrons. The monoisotopic (exact) mass is 247 g/mol. The van der Waals surface area contributed by atoms with Crippen molar-refractivity contribution in [2.45, 2.75) is 19.4 Å². The number of anilines is 1. The highest BCUT2D eigenvalue weighted by atomic mass is 16.2. The van der Waals surface area contributed by atoms with Crippen LogP contribution in [0.15, 0.2) is 18.2 Å². The number of amides is 2. The molecular formula is C13H17N3O2. The lowest BCUT2D eigenvalue weighted by Crippen LogP contribution is -2.34. The summed E-state index contributed by atoms with van der Waals surface area (Å²) in [6, 6.07) is 5.73. The zero-order valence-corrected chi connectivity index (χ0v) is 10.4. The van der Waals surface area contributed by atoms with Gasteiger partial charge >= 0.3 is 0 Å². The highest BCUT2D eigenvalue weighted by molar-refractivity contribution is 6.19. The fourth-order valence-electron chi connectivity index (χ4n) is 2.20. The van der Waals surface area contributed by atoms with Gasteiger partial charge in [-0.15, -0.1) is 0 Å². The first kappa shape index (κ1) is 12.7. The molecule has 0 radical (unpaired) electrons. The van der Waals surface area contributed by atoms with E-state index in [1.54, 1.807) is 0 Å². The van der Waals surface area contributed by atoms with Crippen molar-refractivity contribution in [3.8, 4) is 0 Å². The van der Waals surface area contributed by atoms with E-state index < -0.39 is 0 Å². The minimum Gasteiger partial charge on any atom is -0.330 e. The summed E-state index contributed by atoms with van der Waals surface area (Å²) in [4.78, 5) is 25.0. The molecule has 3 N–H and O–H groups in total. The number of rotatable bonds is 4. The molecular weight excluding hydrogens is 230 g/mol. The molecule has 1 aromatic carbocycles. The number of hydrogen-bond donors (Lipinski definition) is 2. The van der Waals surface area contributed by atoms with E-state index in [-0.39, 0.29) is 24.8 Å². The van der Waals surface area contributed by atoms with Crippen molar-refractivity contribution < 1.29 is 9.59 Å². The molecule has 0 fully saturated rings. The molecule has 0 aliphatic carbocycles. The minimum absolute atomic E-state index is 0.162. The van der Waals surface area contributed by atoms with E-state index in [1.165, 1.54) is 4.90 Å². The van der Waals surface area contributed by atoms with Gasteiger partial charge in [-0.1, -0.05) is 12.1 Å². The molecule has 1 heterocycles. The first-order valence-electron chi connectivity index (χ1n) is 5.99. The summed E-state index contributed by atoms with van der Waals surface area (Å²) in [5.74, 6) is -0.382. The van der Waals surface area contributed by atoms with Gasteiger partial charge in [0.25, 0.3) is 0 Å². The average molecular weight is 247 g/mol. The topological polar surface area (TPSA) is 75.4 Å². The van der Waals surface area contributed by atoms with E-state index in [2.05, 4.69) is 5.32 Å². The van der Waals surface area contributed by atoms with Crippen LogP contribution in [0.1, 0.15) is 17.5 Å². The van der Waals surface area contributed by atoms with Gasteiger partial charge in [-0.25, -0.2) is 4.90 Å². The van der Waals surface area contributed by atoms with E-state index in [0.717, 1.165) is 17.7 Å². The molecule has 5 heteroatoms. The molecule has 0 spiro atoms. The van der Waals surface area contributed by atoms with Crippen LogP contribution in [-0.4, -0.2) is 25.4 Å². The number of carbonyl (C=O) groups excluding carboxylic acids is 2. The molecule has 0 atom stereocenters. The van der Waals surface area contributed by atoms with Crippen molar-refractivity contribution in [3.63, 3.8) is 0 Å². The Morgan fingerprint density at radius 2 is 2.28 bits per heavy atom. The maximum atomic E-state index is 11.9. The summed E-state index contributed by atoms with van der Waals surface area (Å²) in [5, 5.41) is 3.06. The van der Waals surface area contributed by atoms with Crippen molar-refractivity contribution in [1.82, 2.24) is 5.32 Å². The average Bonchev–Trinajstić information content (AvgIpc) is 2.65. The number of benzene rings is 1. The maximum absolute atomic E-state index is 11.9. The van der Waals surface area contributed by atoms with Gasteiger partial charge in [0.15, 0.2) is 0 Å². The first-order chi connectivity index (χ1) is 8.67. The molecule has 5 nitrogen and oxygen atoms in total. The summed E-state index contributed by atoms with van der Waals surface area (Å²) in [5.41, 5.74) is 8.09. The lowest BCUT2D eigenvalue weighted by Gasteiger charge is -2.15. The Bertz CT molecular complexity index is 485. The normalized spacial score (nSPS) is 13.9. The van der Waals surface area contributed by atoms with Crippen molar-refractivity contribution in [2.75, 3.05) is 18.5 Å². The number of nitrogens with two attached hydrogens (primary N) is 1. The molecule has 2 rings (SSSR count). The zero-order chi connectivity index (χ0) is 13.1. The molecule has 0 saturated carbocycles. The summed E-state index contributed by atoms with van der Waals surface area (Å²) < 4.78 is 0. The van der Waals surface area contributed by atoms with Crippen LogP contribution in [0.25, 0.3) is 0 Å². The van der Waals surface area contributed by atoms with Gasteiger partial charge in [0, 0.05) is 19.5 Å². The minimum atomic E-state index is -0.220. The molecule has 0 unspecified atom stereocenters. The fourth-order valence-corrected chi connectivity index (χ4v) is 2.20. The molecule has 1 aromatic rings. The summed E-state index contributed by atoms with van der Waals surface area (Å²) in [6.45, 7) is 1.01. The Morgan fingerprint density at radius 3 is 2.94 bits per heavy atom. The lowest BCUT2D eigenvalue weighted by molar-refractivity contribution is -0.125. The third-order valence-corrected chi connectivity index (χ3v) is 2.96. The smallest absolute Gasteiger partial charge is 0.238 e. The van der Waals surface area contributed by atoms with Gasteiger partial charge in [-0.2, -0.15) is 0 Å². The number of imide groups is 1. The van der Waals surface area contributed by atoms with Gasteiger partial charge in [0.2, 0.25) is 11.8 Å². The van der Waals surface area contributed by atoms with E-state index in [0.29, 0.717) is 12.1 Å². The van der Waals surface area contributed by atoms with Crippen molar-refractivity contribution in [3.05, 3.63) is 29.3 Å². The maximum Gasteiger partial charge on any atom is 0.238 e. The van der Waals surface area contributed by atoms with Gasteiger partial charge in [0.1, 0.15) is 0 Å². The predicted molar refractivity (Wildman–Crippen MR) is 69.1 cm³/mol. The SMILES string of the molecule is CNCc1ccc2c(c1)CC(=O)N2C(=O)CCN. The predicted octanol–water partition coefficient (Wildman–Crippen LogP) is 0.171. The van der Waals surface area contributed by atoms with Crippen LogP contribution in [0.5, 0.6) is 0 Å². The van der Waals surface area contributed by atoms with Crippen LogP contribution in [0, 0.1) is 0 Å². The second-order valence-electron chi connectivity index (χ2n) is 4.33. The molecule has 2 amide bonds. The zero-order valence-electron chi connectivity index (χ0n) is 10.4. The van der Waals surface area contributed by atoms with Crippen LogP contribution >= 0.6 is 0 Å². The fraction of sp³-hybridized carbons (Fsp3) is 0.385. The Balaban J connectivity index is 2.29. The van der Waals surface area contributed by atoms with Gasteiger partial charge in [-0.05, 0) is 24.2 Å². The molecule has 0 saturated heterocycles. The number of fused-ring (bicyclic) bond motifs is 1. The summed E-state index contributed by atoms with van der Waals surface area (Å²) >= 11 is 0. The highest BCUT2D eigenvalue weighted by Gasteiger charge is 2.31. The molecule has 18 heavy (non-hydrogen) atoms. The van der Waals surface area contributed by atoms with Gasteiger partial charge in [0.05, 0.1) is 12.1 Å². The Kier molecular flexibility index (Phi) is 3.74. The molecule has 1 aliphatic heterocycles. The van der Waals surface area contributed by atoms with Crippen LogP contribution < -0.4 is 16.0 Å². The summed E-state index contributed by atoms with van der Waals surface area (Å²) in [6.07, 6.45) is 0.493. The molecule has 1 aliphatic rings. The van der Waals surface area contributed by atoms with Crippen LogP contribution in [-0.2, 0) is 22.6 Å². The number of nitrogens with one attached hydrogen (secondary N) is 1. The van der Waals surface area contributed by atoms with Crippen LogP contribution in [0.4, 0.5) is 5.69 Å². The number of carbonyl (C=O) groups is 2. The van der Waals surface area contributed by atoms with Crippen molar-refractivity contribution in [1.29, 1.82) is 0 Å². The molecule has 0 bridgehead atoms. The second-order valence-corrected chi connectivity index (χ2v) is 4.33. The number of nitrogens with zero attached hydrogens (tertiary/aromatic N) is 1. The quantitative estimate of drug-likeness (QED) is 0.795. The van der Waals surface area contributed by atoms with Gasteiger partial charge in [-0.3, -0.25) is 9.59 Å². The van der Waals surface area contributed by atoms with Crippen molar-refractivity contribution in [2.24, 2.45) is 5.73 Å². The third-order valence-electron chi connectivity index (χ3n) is 2.96. The number of hydrogen-bond acceptors (Lipinski definition) is 4. The molecule has 0 aromatic heterocycles. The highest BCUT2D eigenvalue weighted by Crippen LogP contribution is 2.30. The van der Waals surface area contributed by atoms with E-state index >= 15 is 0 Å². The van der Waals surface area contributed by atoms with E-state index in [1.807, 2.05) is 25.2 Å². The third kappa shape index (κ3) is 2.27. The first-order valence-corrected chi connectivity index (χ1v) is 5.99. The van der Waals surface area contributed by atoms with Crippen molar-refractivity contribution >= 4 is 17.5 Å². The second kappa shape index (κ2) is 5.29. The van der Waals surface area contributed by atoms with Crippen LogP contribution in [0.2, 0.25) is 0 Å². The van der Waals surface area contributed by atoms with Gasteiger partial charge < -0.3 is 11.1 Å². The Morgan fingerprint density at radius 1 is 1.50 bits per heavy atom. The van der Waals surface area contributed by atoms with E-state index in [4.69, 9.17) is 5.73 Å². The van der Waals surface area contributed by atoms with Crippen LogP contribution in [0.3, 0.4) is 0 Å². The lowest BCUT2D eigenvalue weighted by atomic mass is 10.1. The Labute approximate surface area is 106 Å². The Hall–Kier alpha value is -1.72.